The third-order valence-corrected chi connectivity index (χ3v) is 4.78. The molecule has 0 bridgehead atoms. The first-order valence-corrected chi connectivity index (χ1v) is 8.23. The van der Waals surface area contributed by atoms with Crippen LogP contribution in [0.5, 0.6) is 0 Å². The molecular formula is C18H20N4O2. The predicted octanol–water partition coefficient (Wildman–Crippen LogP) is 1.93. The summed E-state index contributed by atoms with van der Waals surface area (Å²) in [4.78, 5) is 15.7. The standard InChI is InChI=1S/C18H20N4O2/c23-16-10-12(11-22-8-2-6-20-22)9-15(16)21-18(24)14-4-1-3-13-5-7-19-17(13)14/h1-8,12,15-16,19,23H,9-11H2,(H,21,24)/t12?,15-,16-/m1/s1. The Morgan fingerprint density at radius 3 is 3.08 bits per heavy atom. The smallest absolute Gasteiger partial charge is 0.253 e. The highest BCUT2D eigenvalue weighted by molar-refractivity contribution is 6.05. The van der Waals surface area contributed by atoms with Gasteiger partial charge in [0.1, 0.15) is 0 Å². The highest BCUT2D eigenvalue weighted by Gasteiger charge is 2.34. The molecule has 3 N–H and O–H groups in total. The molecule has 4 rings (SSSR count). The van der Waals surface area contributed by atoms with Crippen LogP contribution in [0.3, 0.4) is 0 Å². The number of carbonyl (C=O) groups is 1. The zero-order chi connectivity index (χ0) is 16.5. The Morgan fingerprint density at radius 1 is 1.33 bits per heavy atom. The van der Waals surface area contributed by atoms with E-state index in [1.165, 1.54) is 0 Å². The van der Waals surface area contributed by atoms with Gasteiger partial charge in [0, 0.05) is 30.5 Å². The van der Waals surface area contributed by atoms with Gasteiger partial charge in [-0.1, -0.05) is 12.1 Å². The summed E-state index contributed by atoms with van der Waals surface area (Å²) in [5.41, 5.74) is 1.44. The van der Waals surface area contributed by atoms with Crippen molar-refractivity contribution in [2.45, 2.75) is 31.5 Å². The van der Waals surface area contributed by atoms with Crippen LogP contribution in [0.25, 0.3) is 10.9 Å². The topological polar surface area (TPSA) is 82.9 Å². The number of benzene rings is 1. The average molecular weight is 324 g/mol. The van der Waals surface area contributed by atoms with Gasteiger partial charge < -0.3 is 15.4 Å². The first kappa shape index (κ1) is 15.0. The Hall–Kier alpha value is -2.60. The maximum atomic E-state index is 12.6. The number of para-hydroxylation sites is 1. The second-order valence-corrected chi connectivity index (χ2v) is 6.46. The molecule has 1 aliphatic rings. The first-order valence-electron chi connectivity index (χ1n) is 8.23. The van der Waals surface area contributed by atoms with Crippen molar-refractivity contribution in [2.75, 3.05) is 0 Å². The van der Waals surface area contributed by atoms with E-state index in [9.17, 15) is 9.90 Å². The van der Waals surface area contributed by atoms with Crippen LogP contribution in [0.2, 0.25) is 0 Å². The van der Waals surface area contributed by atoms with Gasteiger partial charge in [-0.05, 0) is 37.0 Å². The summed E-state index contributed by atoms with van der Waals surface area (Å²) >= 11 is 0. The van der Waals surface area contributed by atoms with Gasteiger partial charge in [-0.15, -0.1) is 0 Å². The van der Waals surface area contributed by atoms with Crippen LogP contribution >= 0.6 is 0 Å². The summed E-state index contributed by atoms with van der Waals surface area (Å²) in [5.74, 6) is 0.165. The number of rotatable bonds is 4. The molecule has 2 heterocycles. The number of fused-ring (bicyclic) bond motifs is 1. The largest absolute Gasteiger partial charge is 0.391 e. The Morgan fingerprint density at radius 2 is 2.25 bits per heavy atom. The minimum atomic E-state index is -0.516. The third-order valence-electron chi connectivity index (χ3n) is 4.78. The SMILES string of the molecule is O=C(N[C@@H]1CC(Cn2cccn2)C[C@H]1O)c1cccc2cc[nH]c12. The molecule has 0 aliphatic heterocycles. The molecule has 1 amide bonds. The third kappa shape index (κ3) is 2.80. The van der Waals surface area contributed by atoms with Gasteiger partial charge in [-0.2, -0.15) is 5.10 Å². The number of nitrogens with zero attached hydrogens (tertiary/aromatic N) is 2. The molecule has 0 radical (unpaired) electrons. The second-order valence-electron chi connectivity index (χ2n) is 6.46. The van der Waals surface area contributed by atoms with E-state index < -0.39 is 6.10 Å². The molecule has 24 heavy (non-hydrogen) atoms. The van der Waals surface area contributed by atoms with Crippen LogP contribution < -0.4 is 5.32 Å². The van der Waals surface area contributed by atoms with Crippen molar-refractivity contribution in [1.29, 1.82) is 0 Å². The maximum Gasteiger partial charge on any atom is 0.253 e. The van der Waals surface area contributed by atoms with Crippen molar-refractivity contribution in [3.05, 3.63) is 54.5 Å². The fraction of sp³-hybridized carbons (Fsp3) is 0.333. The zero-order valence-electron chi connectivity index (χ0n) is 13.2. The Bertz CT molecular complexity index is 840. The highest BCUT2D eigenvalue weighted by atomic mass is 16.3. The van der Waals surface area contributed by atoms with Crippen LogP contribution in [0.15, 0.2) is 48.9 Å². The molecule has 3 atom stereocenters. The molecule has 6 heteroatoms. The molecule has 124 valence electrons. The highest BCUT2D eigenvalue weighted by Crippen LogP contribution is 2.28. The maximum absolute atomic E-state index is 12.6. The molecule has 3 aromatic rings. The number of carbonyl (C=O) groups excluding carboxylic acids is 1. The van der Waals surface area contributed by atoms with Crippen molar-refractivity contribution in [1.82, 2.24) is 20.1 Å². The van der Waals surface area contributed by atoms with Crippen LogP contribution in [0.1, 0.15) is 23.2 Å². The van der Waals surface area contributed by atoms with Crippen molar-refractivity contribution in [3.8, 4) is 0 Å². The van der Waals surface area contributed by atoms with Gasteiger partial charge >= 0.3 is 0 Å². The number of aliphatic hydroxyl groups excluding tert-OH is 1. The first-order chi connectivity index (χ1) is 11.7. The molecule has 1 saturated carbocycles. The number of amides is 1. The summed E-state index contributed by atoms with van der Waals surface area (Å²) in [6.07, 6.45) is 6.42. The normalized spacial score (nSPS) is 23.6. The fourth-order valence-corrected chi connectivity index (χ4v) is 3.62. The van der Waals surface area contributed by atoms with E-state index in [1.54, 1.807) is 12.3 Å². The van der Waals surface area contributed by atoms with E-state index in [4.69, 9.17) is 0 Å². The minimum absolute atomic E-state index is 0.146. The van der Waals surface area contributed by atoms with E-state index in [0.717, 1.165) is 23.9 Å². The van der Waals surface area contributed by atoms with Gasteiger partial charge in [0.2, 0.25) is 0 Å². The zero-order valence-corrected chi connectivity index (χ0v) is 13.2. The second kappa shape index (κ2) is 6.13. The summed E-state index contributed by atoms with van der Waals surface area (Å²) in [6.45, 7) is 0.767. The molecule has 0 spiro atoms. The van der Waals surface area contributed by atoms with Gasteiger partial charge in [0.15, 0.2) is 0 Å². The molecular weight excluding hydrogens is 304 g/mol. The van der Waals surface area contributed by atoms with Crippen molar-refractivity contribution in [2.24, 2.45) is 5.92 Å². The van der Waals surface area contributed by atoms with E-state index in [0.29, 0.717) is 17.9 Å². The average Bonchev–Trinajstić information content (AvgIpc) is 3.29. The van der Waals surface area contributed by atoms with E-state index in [2.05, 4.69) is 15.4 Å². The Kier molecular flexibility index (Phi) is 3.82. The Labute approximate surface area is 139 Å². The lowest BCUT2D eigenvalue weighted by Gasteiger charge is -2.16. The monoisotopic (exact) mass is 324 g/mol. The van der Waals surface area contributed by atoms with Crippen LogP contribution in [-0.4, -0.2) is 37.9 Å². The fourth-order valence-electron chi connectivity index (χ4n) is 3.62. The minimum Gasteiger partial charge on any atom is -0.391 e. The van der Waals surface area contributed by atoms with Gasteiger partial charge in [-0.25, -0.2) is 0 Å². The van der Waals surface area contributed by atoms with E-state index in [-0.39, 0.29) is 11.9 Å². The lowest BCUT2D eigenvalue weighted by atomic mass is 10.1. The molecule has 1 fully saturated rings. The van der Waals surface area contributed by atoms with E-state index in [1.807, 2.05) is 41.3 Å². The molecule has 6 nitrogen and oxygen atoms in total. The van der Waals surface area contributed by atoms with Crippen LogP contribution in [0, 0.1) is 5.92 Å². The molecule has 2 aromatic heterocycles. The van der Waals surface area contributed by atoms with Crippen LogP contribution in [-0.2, 0) is 6.54 Å². The lowest BCUT2D eigenvalue weighted by Crippen LogP contribution is -2.40. The number of aromatic amines is 1. The van der Waals surface area contributed by atoms with Gasteiger partial charge in [-0.3, -0.25) is 9.48 Å². The van der Waals surface area contributed by atoms with Gasteiger partial charge in [0.05, 0.1) is 23.2 Å². The number of nitrogens with one attached hydrogen (secondary N) is 2. The van der Waals surface area contributed by atoms with Gasteiger partial charge in [0.25, 0.3) is 5.91 Å². The summed E-state index contributed by atoms with van der Waals surface area (Å²) in [6, 6.07) is 9.25. The number of hydrogen-bond donors (Lipinski definition) is 3. The van der Waals surface area contributed by atoms with Crippen molar-refractivity contribution < 1.29 is 9.90 Å². The van der Waals surface area contributed by atoms with Crippen LogP contribution in [0.4, 0.5) is 0 Å². The van der Waals surface area contributed by atoms with E-state index >= 15 is 0 Å². The Balaban J connectivity index is 1.45. The molecule has 1 unspecified atom stereocenters. The molecule has 1 aliphatic carbocycles. The number of hydrogen-bond acceptors (Lipinski definition) is 3. The summed E-state index contributed by atoms with van der Waals surface area (Å²) in [5, 5.41) is 18.5. The summed E-state index contributed by atoms with van der Waals surface area (Å²) in [7, 11) is 0. The lowest BCUT2D eigenvalue weighted by molar-refractivity contribution is 0.0874. The van der Waals surface area contributed by atoms with Crippen molar-refractivity contribution >= 4 is 16.8 Å². The summed E-state index contributed by atoms with van der Waals surface area (Å²) < 4.78 is 1.88. The quantitative estimate of drug-likeness (QED) is 0.686. The molecule has 1 aromatic carbocycles. The predicted molar refractivity (Wildman–Crippen MR) is 90.5 cm³/mol. The number of aliphatic hydroxyl groups is 1. The van der Waals surface area contributed by atoms with Crippen molar-refractivity contribution in [3.63, 3.8) is 0 Å². The molecule has 0 saturated heterocycles. The number of H-pyrrole nitrogens is 1. The number of aromatic nitrogens is 3.